The van der Waals surface area contributed by atoms with Crippen molar-refractivity contribution in [3.8, 4) is 5.75 Å². The average Bonchev–Trinajstić information content (AvgIpc) is 3.23. The lowest BCUT2D eigenvalue weighted by Gasteiger charge is -2.22. The average molecular weight is 399 g/mol. The van der Waals surface area contributed by atoms with Gasteiger partial charge < -0.3 is 10.1 Å². The third-order valence-electron chi connectivity index (χ3n) is 5.27. The van der Waals surface area contributed by atoms with Crippen LogP contribution in [0.25, 0.3) is 0 Å². The Bertz CT molecular complexity index is 947. The van der Waals surface area contributed by atoms with E-state index in [0.29, 0.717) is 16.2 Å². The molecule has 0 bridgehead atoms. The van der Waals surface area contributed by atoms with Gasteiger partial charge in [-0.1, -0.05) is 12.1 Å². The van der Waals surface area contributed by atoms with Crippen molar-refractivity contribution in [1.82, 2.24) is 15.8 Å². The first-order valence-electron chi connectivity index (χ1n) is 9.16. The van der Waals surface area contributed by atoms with Gasteiger partial charge in [-0.3, -0.25) is 15.0 Å². The normalized spacial score (nSPS) is 21.3. The number of urea groups is 1. The Morgan fingerprint density at radius 3 is 2.79 bits per heavy atom. The van der Waals surface area contributed by atoms with E-state index in [1.807, 2.05) is 6.07 Å². The van der Waals surface area contributed by atoms with Crippen LogP contribution in [0.15, 0.2) is 30.3 Å². The van der Waals surface area contributed by atoms with Crippen LogP contribution in [0.5, 0.6) is 5.75 Å². The summed E-state index contributed by atoms with van der Waals surface area (Å²) < 4.78 is 5.20. The topological polar surface area (TPSA) is 87.7 Å². The van der Waals surface area contributed by atoms with Crippen LogP contribution in [-0.4, -0.2) is 30.0 Å². The molecule has 1 aromatic heterocycles. The van der Waals surface area contributed by atoms with E-state index in [1.165, 1.54) is 28.9 Å². The Hall–Kier alpha value is -2.87. The molecule has 1 aliphatic carbocycles. The monoisotopic (exact) mass is 399 g/mol. The van der Waals surface area contributed by atoms with Crippen molar-refractivity contribution >= 4 is 29.2 Å². The molecule has 1 atom stereocenters. The van der Waals surface area contributed by atoms with E-state index in [4.69, 9.17) is 4.74 Å². The van der Waals surface area contributed by atoms with Crippen LogP contribution in [0.2, 0.25) is 0 Å². The van der Waals surface area contributed by atoms with E-state index in [9.17, 15) is 14.4 Å². The summed E-state index contributed by atoms with van der Waals surface area (Å²) in [4.78, 5) is 39.8. The lowest BCUT2D eigenvalue weighted by molar-refractivity contribution is -0.132. The first-order valence-corrected chi connectivity index (χ1v) is 9.98. The van der Waals surface area contributed by atoms with Crippen LogP contribution in [0.1, 0.15) is 45.4 Å². The Kier molecular flexibility index (Phi) is 4.58. The van der Waals surface area contributed by atoms with Gasteiger partial charge in [0, 0.05) is 4.88 Å². The molecule has 2 heterocycles. The summed E-state index contributed by atoms with van der Waals surface area (Å²) in [5.41, 5.74) is 2.96. The number of nitrogens with zero attached hydrogens (tertiary/aromatic N) is 1. The lowest BCUT2D eigenvalue weighted by atomic mass is 9.92. The molecule has 0 spiro atoms. The zero-order valence-corrected chi connectivity index (χ0v) is 16.5. The fraction of sp³-hybridized carbons (Fsp3) is 0.350. The number of carbonyl (C=O) groups excluding carboxylic acids is 3. The highest BCUT2D eigenvalue weighted by Crippen LogP contribution is 2.32. The summed E-state index contributed by atoms with van der Waals surface area (Å²) in [5.74, 6) is -0.411. The summed E-state index contributed by atoms with van der Waals surface area (Å²) in [6, 6.07) is 8.14. The van der Waals surface area contributed by atoms with E-state index >= 15 is 0 Å². The summed E-state index contributed by atoms with van der Waals surface area (Å²) in [6.07, 6.45) is 4.19. The standard InChI is InChI=1S/C20H21N3O4S/c1-20(13-7-5-8-14(11-13)27-2)18(25)23(19(26)21-20)22-17(24)16-10-12-6-3-4-9-15(12)28-16/h5,7-8,10-11H,3-4,6,9H2,1-2H3,(H,21,26)(H,22,24)/t20-/m0/s1. The van der Waals surface area contributed by atoms with Crippen molar-refractivity contribution < 1.29 is 19.1 Å². The van der Waals surface area contributed by atoms with Crippen LogP contribution in [0.4, 0.5) is 4.79 Å². The number of hydrogen-bond acceptors (Lipinski definition) is 5. The minimum atomic E-state index is -1.28. The van der Waals surface area contributed by atoms with Crippen molar-refractivity contribution in [3.63, 3.8) is 0 Å². The quantitative estimate of drug-likeness (QED) is 0.774. The molecule has 1 aliphatic heterocycles. The molecule has 2 N–H and O–H groups in total. The Labute approximate surface area is 166 Å². The first-order chi connectivity index (χ1) is 13.4. The minimum absolute atomic E-state index is 0.446. The summed E-state index contributed by atoms with van der Waals surface area (Å²) in [6.45, 7) is 1.61. The molecule has 4 rings (SSSR count). The maximum atomic E-state index is 13.0. The van der Waals surface area contributed by atoms with Gasteiger partial charge in [0.15, 0.2) is 0 Å². The number of hydrazine groups is 1. The largest absolute Gasteiger partial charge is 0.497 e. The Morgan fingerprint density at radius 1 is 1.25 bits per heavy atom. The van der Waals surface area contributed by atoms with Gasteiger partial charge in [0.05, 0.1) is 12.0 Å². The van der Waals surface area contributed by atoms with Gasteiger partial charge in [0.2, 0.25) is 0 Å². The molecular weight excluding hydrogens is 378 g/mol. The molecule has 2 aliphatic rings. The summed E-state index contributed by atoms with van der Waals surface area (Å²) in [7, 11) is 1.53. The Morgan fingerprint density at radius 2 is 2.04 bits per heavy atom. The highest BCUT2D eigenvalue weighted by atomic mass is 32.1. The highest BCUT2D eigenvalue weighted by molar-refractivity contribution is 7.14. The lowest BCUT2D eigenvalue weighted by Crippen LogP contribution is -2.47. The zero-order chi connectivity index (χ0) is 19.9. The van der Waals surface area contributed by atoms with Crippen LogP contribution >= 0.6 is 11.3 Å². The molecule has 1 aromatic carbocycles. The number of benzene rings is 1. The molecule has 2 aromatic rings. The van der Waals surface area contributed by atoms with E-state index < -0.39 is 23.4 Å². The molecule has 1 saturated heterocycles. The zero-order valence-electron chi connectivity index (χ0n) is 15.7. The van der Waals surface area contributed by atoms with Crippen molar-refractivity contribution in [3.05, 3.63) is 51.2 Å². The van der Waals surface area contributed by atoms with Crippen molar-refractivity contribution in [2.45, 2.75) is 38.1 Å². The molecule has 0 unspecified atom stereocenters. The number of fused-ring (bicyclic) bond motifs is 1. The summed E-state index contributed by atoms with van der Waals surface area (Å²) in [5, 5.41) is 3.44. The van der Waals surface area contributed by atoms with Crippen LogP contribution < -0.4 is 15.5 Å². The molecule has 146 valence electrons. The van der Waals surface area contributed by atoms with Crippen molar-refractivity contribution in [2.75, 3.05) is 7.11 Å². The van der Waals surface area contributed by atoms with E-state index in [-0.39, 0.29) is 0 Å². The number of amides is 4. The second kappa shape index (κ2) is 6.94. The fourth-order valence-electron chi connectivity index (χ4n) is 3.63. The maximum Gasteiger partial charge on any atom is 0.344 e. The maximum absolute atomic E-state index is 13.0. The number of carbonyl (C=O) groups is 3. The van der Waals surface area contributed by atoms with Crippen molar-refractivity contribution in [2.24, 2.45) is 0 Å². The number of aryl methyl sites for hydroxylation is 2. The van der Waals surface area contributed by atoms with E-state index in [0.717, 1.165) is 30.7 Å². The van der Waals surface area contributed by atoms with Crippen LogP contribution in [0, 0.1) is 0 Å². The van der Waals surface area contributed by atoms with Gasteiger partial charge >= 0.3 is 6.03 Å². The molecule has 4 amide bonds. The van der Waals surface area contributed by atoms with Crippen LogP contribution in [-0.2, 0) is 23.2 Å². The Balaban J connectivity index is 1.55. The second-order valence-electron chi connectivity index (χ2n) is 7.13. The number of imide groups is 1. The number of methoxy groups -OCH3 is 1. The van der Waals surface area contributed by atoms with Crippen LogP contribution in [0.3, 0.4) is 0 Å². The van der Waals surface area contributed by atoms with Gasteiger partial charge in [0.25, 0.3) is 11.8 Å². The highest BCUT2D eigenvalue weighted by Gasteiger charge is 2.50. The number of nitrogens with one attached hydrogen (secondary N) is 2. The van der Waals surface area contributed by atoms with Gasteiger partial charge in [0.1, 0.15) is 11.3 Å². The molecule has 8 heteroatoms. The number of ether oxygens (including phenoxy) is 1. The van der Waals surface area contributed by atoms with Gasteiger partial charge in [-0.2, -0.15) is 5.01 Å². The third-order valence-corrected chi connectivity index (χ3v) is 6.51. The number of thiophene rings is 1. The smallest absolute Gasteiger partial charge is 0.344 e. The number of hydrogen-bond donors (Lipinski definition) is 2. The fourth-order valence-corrected chi connectivity index (χ4v) is 4.77. The third kappa shape index (κ3) is 3.03. The molecule has 0 saturated carbocycles. The summed E-state index contributed by atoms with van der Waals surface area (Å²) >= 11 is 1.43. The first kappa shape index (κ1) is 18.5. The second-order valence-corrected chi connectivity index (χ2v) is 8.27. The van der Waals surface area contributed by atoms with Gasteiger partial charge in [-0.25, -0.2) is 4.79 Å². The minimum Gasteiger partial charge on any atom is -0.497 e. The molecule has 0 radical (unpaired) electrons. The molecular formula is C20H21N3O4S. The van der Waals surface area contributed by atoms with Gasteiger partial charge in [-0.15, -0.1) is 11.3 Å². The molecule has 28 heavy (non-hydrogen) atoms. The van der Waals surface area contributed by atoms with E-state index in [2.05, 4.69) is 10.7 Å². The predicted molar refractivity (Wildman–Crippen MR) is 104 cm³/mol. The molecule has 7 nitrogen and oxygen atoms in total. The van der Waals surface area contributed by atoms with E-state index in [1.54, 1.807) is 31.2 Å². The van der Waals surface area contributed by atoms with Crippen molar-refractivity contribution in [1.29, 1.82) is 0 Å². The molecule has 1 fully saturated rings. The SMILES string of the molecule is COc1cccc([C@]2(C)NC(=O)N(NC(=O)c3cc4c(s3)CCCC4)C2=O)c1. The van der Waals surface area contributed by atoms with Gasteiger partial charge in [-0.05, 0) is 61.9 Å². The predicted octanol–water partition coefficient (Wildman–Crippen LogP) is 2.75. The number of rotatable bonds is 4.